The number of fused-ring (bicyclic) bond motifs is 1. The molecule has 2 aliphatic heterocycles. The molecule has 1 N–H and O–H groups in total. The van der Waals surface area contributed by atoms with E-state index in [1.807, 2.05) is 17.0 Å². The lowest BCUT2D eigenvalue weighted by Gasteiger charge is -2.37. The van der Waals surface area contributed by atoms with Crippen LogP contribution in [0, 0.1) is 5.92 Å². The molecule has 0 radical (unpaired) electrons. The molecule has 36 heavy (non-hydrogen) atoms. The molecule has 2 amide bonds. The Balaban J connectivity index is 1.21. The van der Waals surface area contributed by atoms with Crippen molar-refractivity contribution in [1.82, 2.24) is 14.8 Å². The molecule has 2 fully saturated rings. The number of pyridine rings is 1. The highest BCUT2D eigenvalue weighted by molar-refractivity contribution is 7.93. The summed E-state index contributed by atoms with van der Waals surface area (Å²) in [5.41, 5.74) is 1.22. The molecule has 3 heterocycles. The molecule has 3 aromatic rings. The van der Waals surface area contributed by atoms with E-state index in [-0.39, 0.29) is 22.6 Å². The van der Waals surface area contributed by atoms with Crippen LogP contribution in [-0.4, -0.2) is 74.4 Å². The van der Waals surface area contributed by atoms with Gasteiger partial charge in [-0.05, 0) is 49.2 Å². The van der Waals surface area contributed by atoms with Crippen LogP contribution in [0.1, 0.15) is 23.2 Å². The number of aromatic nitrogens is 1. The fourth-order valence-electron chi connectivity index (χ4n) is 4.70. The molecule has 1 aromatic heterocycles. The first kappa shape index (κ1) is 24.2. The monoisotopic (exact) mass is 508 g/mol. The summed E-state index contributed by atoms with van der Waals surface area (Å²) in [6.45, 7) is 3.21. The molecule has 0 aliphatic carbocycles. The number of para-hydroxylation sites is 1. The van der Waals surface area contributed by atoms with E-state index < -0.39 is 10.0 Å². The van der Waals surface area contributed by atoms with Gasteiger partial charge in [0.25, 0.3) is 15.9 Å². The van der Waals surface area contributed by atoms with Crippen LogP contribution in [0.3, 0.4) is 0 Å². The van der Waals surface area contributed by atoms with E-state index in [2.05, 4.69) is 9.71 Å². The Morgan fingerprint density at radius 3 is 2.28 bits per heavy atom. The standard InChI is InChI=1S/C26H28N4O5S/c31-25(29-13-15-30(16-14-29)26(32)21-10-17-35-18-11-21)20-6-8-22(9-7-20)28-36(33,34)23-5-1-3-19-4-2-12-27-24(19)23/h1-9,12,21,28H,10-11,13-18H2. The number of carbonyl (C=O) groups excluding carboxylic acids is 2. The maximum Gasteiger partial charge on any atom is 0.264 e. The van der Waals surface area contributed by atoms with Gasteiger partial charge in [-0.2, -0.15) is 0 Å². The number of piperazine rings is 1. The first-order valence-electron chi connectivity index (χ1n) is 12.0. The minimum Gasteiger partial charge on any atom is -0.381 e. The van der Waals surface area contributed by atoms with Crippen molar-refractivity contribution in [1.29, 1.82) is 0 Å². The zero-order valence-corrected chi connectivity index (χ0v) is 20.6. The lowest BCUT2D eigenvalue weighted by Crippen LogP contribution is -2.52. The van der Waals surface area contributed by atoms with Gasteiger partial charge in [-0.3, -0.25) is 19.3 Å². The van der Waals surface area contributed by atoms with Crippen molar-refractivity contribution in [3.63, 3.8) is 0 Å². The van der Waals surface area contributed by atoms with E-state index in [1.165, 1.54) is 6.07 Å². The lowest BCUT2D eigenvalue weighted by molar-refractivity contribution is -0.140. The molecular formula is C26H28N4O5S. The summed E-state index contributed by atoms with van der Waals surface area (Å²) in [6.07, 6.45) is 3.07. The maximum absolute atomic E-state index is 13.0. The zero-order chi connectivity index (χ0) is 25.1. The van der Waals surface area contributed by atoms with Crippen molar-refractivity contribution in [2.75, 3.05) is 44.1 Å². The highest BCUT2D eigenvalue weighted by atomic mass is 32.2. The number of nitrogens with one attached hydrogen (secondary N) is 1. The number of hydrogen-bond donors (Lipinski definition) is 1. The molecule has 0 unspecified atom stereocenters. The third kappa shape index (κ3) is 5.05. The second-order valence-electron chi connectivity index (χ2n) is 9.02. The Hall–Kier alpha value is -3.50. The van der Waals surface area contributed by atoms with Crippen LogP contribution in [-0.2, 0) is 19.6 Å². The predicted octanol–water partition coefficient (Wildman–Crippen LogP) is 2.75. The molecule has 5 rings (SSSR count). The summed E-state index contributed by atoms with van der Waals surface area (Å²) >= 11 is 0. The smallest absolute Gasteiger partial charge is 0.264 e. The summed E-state index contributed by atoms with van der Waals surface area (Å²) in [5.74, 6) is 0.0336. The summed E-state index contributed by atoms with van der Waals surface area (Å²) in [4.78, 5) is 33.6. The van der Waals surface area contributed by atoms with Crippen LogP contribution in [0.15, 0.2) is 65.7 Å². The Kier molecular flexibility index (Phi) is 6.88. The van der Waals surface area contributed by atoms with E-state index in [0.29, 0.717) is 56.2 Å². The van der Waals surface area contributed by atoms with Crippen LogP contribution < -0.4 is 4.72 Å². The molecule has 10 heteroatoms. The van der Waals surface area contributed by atoms with Gasteiger partial charge in [0.15, 0.2) is 0 Å². The third-order valence-electron chi connectivity index (χ3n) is 6.72. The molecule has 0 atom stereocenters. The predicted molar refractivity (Wildman–Crippen MR) is 135 cm³/mol. The number of ether oxygens (including phenoxy) is 1. The first-order valence-corrected chi connectivity index (χ1v) is 13.5. The minimum atomic E-state index is -3.87. The highest BCUT2D eigenvalue weighted by Gasteiger charge is 2.30. The van der Waals surface area contributed by atoms with Gasteiger partial charge in [0.05, 0.1) is 5.52 Å². The van der Waals surface area contributed by atoms with E-state index >= 15 is 0 Å². The van der Waals surface area contributed by atoms with E-state index in [9.17, 15) is 18.0 Å². The number of sulfonamides is 1. The third-order valence-corrected chi connectivity index (χ3v) is 8.13. The minimum absolute atomic E-state index is 0.0157. The molecule has 9 nitrogen and oxygen atoms in total. The SMILES string of the molecule is O=C(c1ccc(NS(=O)(=O)c2cccc3cccnc23)cc1)N1CCN(C(=O)C2CCOCC2)CC1. The zero-order valence-electron chi connectivity index (χ0n) is 19.8. The number of nitrogens with zero attached hydrogens (tertiary/aromatic N) is 3. The quantitative estimate of drug-likeness (QED) is 0.568. The van der Waals surface area contributed by atoms with Gasteiger partial charge in [-0.1, -0.05) is 18.2 Å². The second kappa shape index (κ2) is 10.2. The topological polar surface area (TPSA) is 109 Å². The highest BCUT2D eigenvalue weighted by Crippen LogP contribution is 2.24. The Morgan fingerprint density at radius 2 is 1.56 bits per heavy atom. The fourth-order valence-corrected chi connectivity index (χ4v) is 5.94. The normalized spacial score (nSPS) is 17.2. The van der Waals surface area contributed by atoms with Crippen LogP contribution >= 0.6 is 0 Å². The average molecular weight is 509 g/mol. The Labute approximate surface area is 210 Å². The van der Waals surface area contributed by atoms with Gasteiger partial charge in [0.2, 0.25) is 5.91 Å². The fraction of sp³-hybridized carbons (Fsp3) is 0.346. The van der Waals surface area contributed by atoms with Crippen LogP contribution in [0.25, 0.3) is 10.9 Å². The van der Waals surface area contributed by atoms with Crippen molar-refractivity contribution in [3.8, 4) is 0 Å². The van der Waals surface area contributed by atoms with Gasteiger partial charge in [-0.25, -0.2) is 8.42 Å². The van der Waals surface area contributed by atoms with Gasteiger partial charge < -0.3 is 14.5 Å². The molecule has 2 saturated heterocycles. The molecule has 188 valence electrons. The van der Waals surface area contributed by atoms with Gasteiger partial charge in [0.1, 0.15) is 4.90 Å². The molecule has 0 spiro atoms. The van der Waals surface area contributed by atoms with Crippen LogP contribution in [0.4, 0.5) is 5.69 Å². The number of rotatable bonds is 5. The summed E-state index contributed by atoms with van der Waals surface area (Å²) in [6, 6.07) is 14.9. The van der Waals surface area contributed by atoms with Crippen LogP contribution in [0.2, 0.25) is 0 Å². The van der Waals surface area contributed by atoms with Gasteiger partial charge in [-0.15, -0.1) is 0 Å². The van der Waals surface area contributed by atoms with E-state index in [1.54, 1.807) is 47.5 Å². The molecular weight excluding hydrogens is 480 g/mol. The van der Waals surface area contributed by atoms with E-state index in [4.69, 9.17) is 4.74 Å². The molecule has 2 aliphatic rings. The Morgan fingerprint density at radius 1 is 0.889 bits per heavy atom. The number of anilines is 1. The van der Waals surface area contributed by atoms with Crippen molar-refractivity contribution in [2.24, 2.45) is 5.92 Å². The second-order valence-corrected chi connectivity index (χ2v) is 10.7. The van der Waals surface area contributed by atoms with Crippen molar-refractivity contribution in [3.05, 3.63) is 66.4 Å². The van der Waals surface area contributed by atoms with Gasteiger partial charge in [0, 0.05) is 68.1 Å². The largest absolute Gasteiger partial charge is 0.381 e. The van der Waals surface area contributed by atoms with Crippen molar-refractivity contribution >= 4 is 38.4 Å². The number of carbonyl (C=O) groups is 2. The number of amides is 2. The molecule has 0 saturated carbocycles. The lowest BCUT2D eigenvalue weighted by atomic mass is 9.98. The summed E-state index contributed by atoms with van der Waals surface area (Å²) < 4.78 is 34.0. The Bertz CT molecular complexity index is 1360. The number of benzene rings is 2. The summed E-state index contributed by atoms with van der Waals surface area (Å²) in [5, 5.41) is 0.732. The van der Waals surface area contributed by atoms with Crippen LogP contribution in [0.5, 0.6) is 0 Å². The summed E-state index contributed by atoms with van der Waals surface area (Å²) in [7, 11) is -3.87. The van der Waals surface area contributed by atoms with E-state index in [0.717, 1.165) is 18.2 Å². The van der Waals surface area contributed by atoms with Gasteiger partial charge >= 0.3 is 0 Å². The first-order chi connectivity index (χ1) is 17.4. The molecule has 0 bridgehead atoms. The average Bonchev–Trinajstić information content (AvgIpc) is 2.93. The maximum atomic E-state index is 13.0. The van der Waals surface area contributed by atoms with Crippen molar-refractivity contribution < 1.29 is 22.7 Å². The molecule has 2 aromatic carbocycles. The number of hydrogen-bond acceptors (Lipinski definition) is 6. The van der Waals surface area contributed by atoms with Crippen molar-refractivity contribution in [2.45, 2.75) is 17.7 Å².